The van der Waals surface area contributed by atoms with Crippen LogP contribution in [-0.4, -0.2) is 76.8 Å². The molecule has 7 heteroatoms. The summed E-state index contributed by atoms with van der Waals surface area (Å²) in [5, 5.41) is 0. The lowest BCUT2D eigenvalue weighted by Gasteiger charge is -2.36. The average molecular weight is 374 g/mol. The van der Waals surface area contributed by atoms with Crippen LogP contribution in [-0.2, 0) is 4.79 Å². The minimum absolute atomic E-state index is 0.00640. The largest absolute Gasteiger partial charge is 0.348 e. The first kappa shape index (κ1) is 19.7. The molecule has 2 aliphatic rings. The fourth-order valence-corrected chi connectivity index (χ4v) is 3.98. The maximum absolute atomic E-state index is 13.2. The first-order valence-electron chi connectivity index (χ1n) is 10.0. The summed E-state index contributed by atoms with van der Waals surface area (Å²) in [4.78, 5) is 40.2. The van der Waals surface area contributed by atoms with E-state index < -0.39 is 0 Å². The third-order valence-corrected chi connectivity index (χ3v) is 5.58. The highest BCUT2D eigenvalue weighted by molar-refractivity contribution is 5.95. The number of amides is 2. The van der Waals surface area contributed by atoms with Gasteiger partial charge in [-0.2, -0.15) is 0 Å². The smallest absolute Gasteiger partial charge is 0.257 e. The highest BCUT2D eigenvalue weighted by Gasteiger charge is 2.32. The average Bonchev–Trinajstić information content (AvgIpc) is 2.68. The monoisotopic (exact) mass is 373 g/mol. The van der Waals surface area contributed by atoms with Crippen molar-refractivity contribution in [3.05, 3.63) is 23.3 Å². The van der Waals surface area contributed by atoms with Crippen molar-refractivity contribution in [2.24, 2.45) is 0 Å². The Labute approximate surface area is 161 Å². The molecule has 0 saturated carbocycles. The lowest BCUT2D eigenvalue weighted by atomic mass is 9.95. The van der Waals surface area contributed by atoms with Gasteiger partial charge in [-0.05, 0) is 45.6 Å². The minimum atomic E-state index is -0.00640. The summed E-state index contributed by atoms with van der Waals surface area (Å²) in [5.41, 5.74) is 1.40. The summed E-state index contributed by atoms with van der Waals surface area (Å²) < 4.78 is 0. The van der Waals surface area contributed by atoms with Crippen LogP contribution in [0.5, 0.6) is 0 Å². The molecule has 0 bridgehead atoms. The van der Waals surface area contributed by atoms with Gasteiger partial charge in [0.05, 0.1) is 23.8 Å². The molecule has 2 aliphatic heterocycles. The van der Waals surface area contributed by atoms with Gasteiger partial charge < -0.3 is 9.80 Å². The molecule has 0 radical (unpaired) electrons. The third kappa shape index (κ3) is 4.64. The van der Waals surface area contributed by atoms with Crippen molar-refractivity contribution in [1.82, 2.24) is 24.7 Å². The van der Waals surface area contributed by atoms with Crippen molar-refractivity contribution in [3.8, 4) is 0 Å². The van der Waals surface area contributed by atoms with Crippen LogP contribution in [0.4, 0.5) is 0 Å². The molecule has 0 aliphatic carbocycles. The fraction of sp³-hybridized carbons (Fsp3) is 0.700. The summed E-state index contributed by atoms with van der Waals surface area (Å²) in [6.07, 6.45) is 8.05. The second-order valence-corrected chi connectivity index (χ2v) is 7.84. The van der Waals surface area contributed by atoms with Gasteiger partial charge in [0.2, 0.25) is 5.91 Å². The minimum Gasteiger partial charge on any atom is -0.348 e. The van der Waals surface area contributed by atoms with Crippen LogP contribution >= 0.6 is 0 Å². The summed E-state index contributed by atoms with van der Waals surface area (Å²) in [6.45, 7) is 4.68. The SMILES string of the molecule is Cc1ncc(C(=O)N2CCCCC2)c([C@@H]2CCCCN2CC(=O)N(C)C)n1. The van der Waals surface area contributed by atoms with Crippen LogP contribution < -0.4 is 0 Å². The quantitative estimate of drug-likeness (QED) is 0.808. The summed E-state index contributed by atoms with van der Waals surface area (Å²) >= 11 is 0. The van der Waals surface area contributed by atoms with Crippen molar-refractivity contribution in [1.29, 1.82) is 0 Å². The van der Waals surface area contributed by atoms with Gasteiger partial charge in [-0.1, -0.05) is 6.42 Å². The van der Waals surface area contributed by atoms with E-state index in [9.17, 15) is 9.59 Å². The van der Waals surface area contributed by atoms with Gasteiger partial charge in [0.15, 0.2) is 0 Å². The van der Waals surface area contributed by atoms with Crippen LogP contribution in [0.2, 0.25) is 0 Å². The number of aromatic nitrogens is 2. The second-order valence-electron chi connectivity index (χ2n) is 7.84. The van der Waals surface area contributed by atoms with Gasteiger partial charge in [-0.3, -0.25) is 14.5 Å². The standard InChI is InChI=1S/C20H31N5O2/c1-15-21-13-16(20(27)24-10-6-4-7-11-24)19(22-15)17-9-5-8-12-25(17)14-18(26)23(2)3/h13,17H,4-12,14H2,1-3H3/t17-/m0/s1. The number of hydrogen-bond acceptors (Lipinski definition) is 5. The lowest BCUT2D eigenvalue weighted by Crippen LogP contribution is -2.43. The summed E-state index contributed by atoms with van der Waals surface area (Å²) in [7, 11) is 3.56. The van der Waals surface area contributed by atoms with E-state index in [0.29, 0.717) is 17.9 Å². The normalized spacial score (nSPS) is 21.1. The molecule has 3 heterocycles. The highest BCUT2D eigenvalue weighted by Crippen LogP contribution is 2.32. The van der Waals surface area contributed by atoms with Crippen LogP contribution in [0, 0.1) is 6.92 Å². The van der Waals surface area contributed by atoms with Crippen LogP contribution in [0.1, 0.15) is 66.4 Å². The molecule has 148 valence electrons. The first-order chi connectivity index (χ1) is 13.0. The third-order valence-electron chi connectivity index (χ3n) is 5.58. The van der Waals surface area contributed by atoms with Crippen LogP contribution in [0.15, 0.2) is 6.20 Å². The number of likely N-dealkylation sites (N-methyl/N-ethyl adjacent to an activating group) is 1. The molecule has 3 rings (SSSR count). The number of carbonyl (C=O) groups excluding carboxylic acids is 2. The Morgan fingerprint density at radius 2 is 1.81 bits per heavy atom. The summed E-state index contributed by atoms with van der Waals surface area (Å²) in [6, 6.07) is -0.00640. The molecule has 0 unspecified atom stereocenters. The maximum atomic E-state index is 13.2. The van der Waals surface area contributed by atoms with Gasteiger partial charge in [0.25, 0.3) is 5.91 Å². The molecule has 2 saturated heterocycles. The number of carbonyl (C=O) groups is 2. The zero-order valence-electron chi connectivity index (χ0n) is 16.8. The molecule has 1 aromatic rings. The van der Waals surface area contributed by atoms with Crippen molar-refractivity contribution in [3.63, 3.8) is 0 Å². The number of aryl methyl sites for hydroxylation is 1. The van der Waals surface area contributed by atoms with Gasteiger partial charge in [-0.25, -0.2) is 9.97 Å². The number of rotatable bonds is 4. The molecule has 2 fully saturated rings. The molecular weight excluding hydrogens is 342 g/mol. The Balaban J connectivity index is 1.89. The van der Waals surface area contributed by atoms with Crippen LogP contribution in [0.3, 0.4) is 0 Å². The Morgan fingerprint density at radius 1 is 1.11 bits per heavy atom. The molecule has 1 atom stereocenters. The molecule has 0 aromatic carbocycles. The van der Waals surface area contributed by atoms with E-state index in [0.717, 1.165) is 57.4 Å². The lowest BCUT2D eigenvalue weighted by molar-refractivity contribution is -0.130. The van der Waals surface area contributed by atoms with Crippen molar-refractivity contribution in [2.45, 2.75) is 51.5 Å². The fourth-order valence-electron chi connectivity index (χ4n) is 3.98. The van der Waals surface area contributed by atoms with Gasteiger partial charge in [0, 0.05) is 33.4 Å². The van der Waals surface area contributed by atoms with E-state index >= 15 is 0 Å². The summed E-state index contributed by atoms with van der Waals surface area (Å²) in [5.74, 6) is 0.787. The van der Waals surface area contributed by atoms with Gasteiger partial charge in [-0.15, -0.1) is 0 Å². The molecule has 7 nitrogen and oxygen atoms in total. The number of hydrogen-bond donors (Lipinski definition) is 0. The Kier molecular flexibility index (Phi) is 6.42. The maximum Gasteiger partial charge on any atom is 0.257 e. The van der Waals surface area contributed by atoms with E-state index in [1.54, 1.807) is 25.2 Å². The van der Waals surface area contributed by atoms with E-state index in [4.69, 9.17) is 0 Å². The Bertz CT molecular complexity index is 685. The molecule has 2 amide bonds. The second kappa shape index (κ2) is 8.78. The van der Waals surface area contributed by atoms with E-state index in [1.165, 1.54) is 6.42 Å². The van der Waals surface area contributed by atoms with E-state index in [2.05, 4.69) is 14.9 Å². The number of nitrogens with zero attached hydrogens (tertiary/aromatic N) is 5. The molecule has 0 spiro atoms. The zero-order chi connectivity index (χ0) is 19.4. The van der Waals surface area contributed by atoms with E-state index in [1.807, 2.05) is 11.8 Å². The molecule has 0 N–H and O–H groups in total. The topological polar surface area (TPSA) is 69.6 Å². The number of likely N-dealkylation sites (tertiary alicyclic amines) is 2. The predicted octanol–water partition coefficient (Wildman–Crippen LogP) is 2.03. The Morgan fingerprint density at radius 3 is 2.52 bits per heavy atom. The van der Waals surface area contributed by atoms with Gasteiger partial charge >= 0.3 is 0 Å². The van der Waals surface area contributed by atoms with Crippen molar-refractivity contribution in [2.75, 3.05) is 40.3 Å². The van der Waals surface area contributed by atoms with Crippen LogP contribution in [0.25, 0.3) is 0 Å². The zero-order valence-corrected chi connectivity index (χ0v) is 16.8. The highest BCUT2D eigenvalue weighted by atomic mass is 16.2. The predicted molar refractivity (Wildman–Crippen MR) is 103 cm³/mol. The van der Waals surface area contributed by atoms with Gasteiger partial charge in [0.1, 0.15) is 5.82 Å². The molecule has 27 heavy (non-hydrogen) atoms. The van der Waals surface area contributed by atoms with E-state index in [-0.39, 0.29) is 17.9 Å². The van der Waals surface area contributed by atoms with Crippen molar-refractivity contribution >= 4 is 11.8 Å². The first-order valence-corrected chi connectivity index (χ1v) is 10.0. The molecular formula is C20H31N5O2. The Hall–Kier alpha value is -2.02. The molecule has 1 aromatic heterocycles. The number of piperidine rings is 2. The van der Waals surface area contributed by atoms with Crippen molar-refractivity contribution < 1.29 is 9.59 Å².